The lowest BCUT2D eigenvalue weighted by atomic mass is 10.1. The summed E-state index contributed by atoms with van der Waals surface area (Å²) in [6.45, 7) is -0.547. The number of hydrogen-bond acceptors (Lipinski definition) is 4. The van der Waals surface area contributed by atoms with Crippen molar-refractivity contribution in [2.45, 2.75) is 6.10 Å². The van der Waals surface area contributed by atoms with E-state index in [0.29, 0.717) is 5.56 Å². The Kier molecular flexibility index (Phi) is 4.47. The van der Waals surface area contributed by atoms with Crippen molar-refractivity contribution in [1.29, 1.82) is 0 Å². The van der Waals surface area contributed by atoms with Crippen LogP contribution >= 0.6 is 0 Å². The van der Waals surface area contributed by atoms with Crippen LogP contribution in [0.1, 0.15) is 11.7 Å². The van der Waals surface area contributed by atoms with E-state index in [9.17, 15) is 9.59 Å². The van der Waals surface area contributed by atoms with Gasteiger partial charge in [-0.25, -0.2) is 9.59 Å². The topological polar surface area (TPSA) is 72.8 Å². The Morgan fingerprint density at radius 3 is 2.44 bits per heavy atom. The highest BCUT2D eigenvalue weighted by Crippen LogP contribution is 2.18. The first-order valence-electron chi connectivity index (χ1n) is 4.61. The highest BCUT2D eigenvalue weighted by atomic mass is 16.6. The molecule has 0 saturated heterocycles. The molecule has 0 heterocycles. The second-order valence-corrected chi connectivity index (χ2v) is 3.02. The van der Waals surface area contributed by atoms with Gasteiger partial charge in [-0.3, -0.25) is 0 Å². The molecule has 0 bridgehead atoms. The van der Waals surface area contributed by atoms with E-state index in [1.807, 2.05) is 0 Å². The Morgan fingerprint density at radius 2 is 1.94 bits per heavy atom. The summed E-state index contributed by atoms with van der Waals surface area (Å²) in [5.74, 6) is -1.75. The molecule has 0 amide bonds. The molecule has 86 valence electrons. The van der Waals surface area contributed by atoms with Crippen molar-refractivity contribution < 1.29 is 24.2 Å². The van der Waals surface area contributed by atoms with Gasteiger partial charge in [0.25, 0.3) is 0 Å². The number of carbonyl (C=O) groups excluding carboxylic acids is 1. The van der Waals surface area contributed by atoms with E-state index >= 15 is 0 Å². The van der Waals surface area contributed by atoms with Gasteiger partial charge in [-0.1, -0.05) is 30.3 Å². The molecule has 1 unspecified atom stereocenters. The van der Waals surface area contributed by atoms with E-state index in [1.54, 1.807) is 30.3 Å². The highest BCUT2D eigenvalue weighted by Gasteiger charge is 2.22. The summed E-state index contributed by atoms with van der Waals surface area (Å²) in [5.41, 5.74) is 0.565. The van der Waals surface area contributed by atoms with Crippen LogP contribution in [0.5, 0.6) is 0 Å². The Morgan fingerprint density at radius 1 is 1.31 bits per heavy atom. The van der Waals surface area contributed by atoms with Gasteiger partial charge >= 0.3 is 11.9 Å². The monoisotopic (exact) mass is 224 g/mol. The lowest BCUT2D eigenvalue weighted by Crippen LogP contribution is -2.20. The van der Waals surface area contributed by atoms with Gasteiger partial charge in [0.1, 0.15) is 6.61 Å². The van der Waals surface area contributed by atoms with Gasteiger partial charge < -0.3 is 14.6 Å². The maximum absolute atomic E-state index is 11.4. The van der Waals surface area contributed by atoms with Crippen molar-refractivity contribution in [3.8, 4) is 0 Å². The first-order chi connectivity index (χ1) is 7.65. The van der Waals surface area contributed by atoms with E-state index in [2.05, 4.69) is 4.74 Å². The van der Waals surface area contributed by atoms with Crippen molar-refractivity contribution >= 4 is 11.9 Å². The van der Waals surface area contributed by atoms with Crippen LogP contribution in [-0.2, 0) is 19.1 Å². The molecule has 0 radical (unpaired) electrons. The fourth-order valence-corrected chi connectivity index (χ4v) is 1.19. The number of aliphatic carboxylic acids is 1. The van der Waals surface area contributed by atoms with E-state index in [0.717, 1.165) is 0 Å². The summed E-state index contributed by atoms with van der Waals surface area (Å²) in [5, 5.41) is 8.49. The molecule has 0 aliphatic heterocycles. The Hall–Kier alpha value is -1.88. The number of hydrogen-bond donors (Lipinski definition) is 1. The minimum absolute atomic E-state index is 0.547. The van der Waals surface area contributed by atoms with Crippen LogP contribution in [0.4, 0.5) is 0 Å². The third-order valence-corrected chi connectivity index (χ3v) is 1.89. The molecule has 1 aromatic rings. The van der Waals surface area contributed by atoms with E-state index in [-0.39, 0.29) is 0 Å². The number of carboxylic acids is 1. The standard InChI is InChI=1S/C11H12O5/c1-15-11(14)10(16-7-9(12)13)8-5-3-2-4-6-8/h2-6,10H,7H2,1H3,(H,12,13). The van der Waals surface area contributed by atoms with Gasteiger partial charge in [0.05, 0.1) is 7.11 Å². The van der Waals surface area contributed by atoms with Crippen LogP contribution in [0.3, 0.4) is 0 Å². The molecule has 1 N–H and O–H groups in total. The zero-order valence-electron chi connectivity index (χ0n) is 8.75. The fourth-order valence-electron chi connectivity index (χ4n) is 1.19. The summed E-state index contributed by atoms with van der Waals surface area (Å²) < 4.78 is 9.51. The minimum atomic E-state index is -1.13. The van der Waals surface area contributed by atoms with Gasteiger partial charge in [0.2, 0.25) is 0 Å². The molecule has 0 aliphatic carbocycles. The van der Waals surface area contributed by atoms with Crippen LogP contribution in [0.15, 0.2) is 30.3 Å². The van der Waals surface area contributed by atoms with Crippen molar-refractivity contribution in [2.75, 3.05) is 13.7 Å². The van der Waals surface area contributed by atoms with Gasteiger partial charge in [0, 0.05) is 0 Å². The van der Waals surface area contributed by atoms with Crippen LogP contribution in [0.2, 0.25) is 0 Å². The summed E-state index contributed by atoms with van der Waals surface area (Å²) in [4.78, 5) is 21.8. The first-order valence-corrected chi connectivity index (χ1v) is 4.61. The minimum Gasteiger partial charge on any atom is -0.480 e. The summed E-state index contributed by atoms with van der Waals surface area (Å²) >= 11 is 0. The predicted octanol–water partition coefficient (Wildman–Crippen LogP) is 1.00. The van der Waals surface area contributed by atoms with Gasteiger partial charge in [0.15, 0.2) is 6.10 Å². The van der Waals surface area contributed by atoms with Crippen molar-refractivity contribution in [2.24, 2.45) is 0 Å². The normalized spacial score (nSPS) is 11.8. The summed E-state index contributed by atoms with van der Waals surface area (Å²) in [6, 6.07) is 8.59. The maximum Gasteiger partial charge on any atom is 0.339 e. The average molecular weight is 224 g/mol. The molecule has 1 rings (SSSR count). The number of carboxylic acid groups (broad SMARTS) is 1. The molecule has 0 aliphatic rings. The Labute approximate surface area is 92.6 Å². The van der Waals surface area contributed by atoms with E-state index < -0.39 is 24.6 Å². The molecule has 0 spiro atoms. The third kappa shape index (κ3) is 3.36. The maximum atomic E-state index is 11.4. The second kappa shape index (κ2) is 5.87. The van der Waals surface area contributed by atoms with Crippen molar-refractivity contribution in [3.63, 3.8) is 0 Å². The summed E-state index contributed by atoms with van der Waals surface area (Å²) in [7, 11) is 1.22. The average Bonchev–Trinajstić information content (AvgIpc) is 2.30. The van der Waals surface area contributed by atoms with Crippen LogP contribution < -0.4 is 0 Å². The number of methoxy groups -OCH3 is 1. The molecular formula is C11H12O5. The second-order valence-electron chi connectivity index (χ2n) is 3.02. The van der Waals surface area contributed by atoms with Crippen LogP contribution in [0.25, 0.3) is 0 Å². The molecule has 5 heteroatoms. The molecule has 1 aromatic carbocycles. The number of esters is 1. The fraction of sp³-hybridized carbons (Fsp3) is 0.273. The van der Waals surface area contributed by atoms with Crippen molar-refractivity contribution in [3.05, 3.63) is 35.9 Å². The van der Waals surface area contributed by atoms with Crippen molar-refractivity contribution in [1.82, 2.24) is 0 Å². The number of benzene rings is 1. The van der Waals surface area contributed by atoms with E-state index in [4.69, 9.17) is 9.84 Å². The molecule has 0 aromatic heterocycles. The van der Waals surface area contributed by atoms with E-state index in [1.165, 1.54) is 7.11 Å². The predicted molar refractivity (Wildman–Crippen MR) is 54.8 cm³/mol. The highest BCUT2D eigenvalue weighted by molar-refractivity contribution is 5.77. The Bertz CT molecular complexity index is 360. The van der Waals surface area contributed by atoms with Gasteiger partial charge in [-0.05, 0) is 5.56 Å². The van der Waals surface area contributed by atoms with Gasteiger partial charge in [-0.15, -0.1) is 0 Å². The lowest BCUT2D eigenvalue weighted by Gasteiger charge is -2.14. The molecular weight excluding hydrogens is 212 g/mol. The SMILES string of the molecule is COC(=O)C(OCC(=O)O)c1ccccc1. The third-order valence-electron chi connectivity index (χ3n) is 1.89. The smallest absolute Gasteiger partial charge is 0.339 e. The summed E-state index contributed by atoms with van der Waals surface area (Å²) in [6.07, 6.45) is -0.998. The number of rotatable bonds is 5. The quantitative estimate of drug-likeness (QED) is 0.755. The van der Waals surface area contributed by atoms with Crippen LogP contribution in [0, 0.1) is 0 Å². The number of ether oxygens (including phenoxy) is 2. The molecule has 1 atom stereocenters. The Balaban J connectivity index is 2.79. The lowest BCUT2D eigenvalue weighted by molar-refractivity contribution is -0.159. The molecule has 16 heavy (non-hydrogen) atoms. The van der Waals surface area contributed by atoms with Crippen LogP contribution in [-0.4, -0.2) is 30.8 Å². The zero-order chi connectivity index (χ0) is 12.0. The molecule has 0 saturated carbocycles. The molecule has 5 nitrogen and oxygen atoms in total. The molecule has 0 fully saturated rings. The van der Waals surface area contributed by atoms with Gasteiger partial charge in [-0.2, -0.15) is 0 Å². The number of carbonyl (C=O) groups is 2. The zero-order valence-corrected chi connectivity index (χ0v) is 8.75. The first kappa shape index (κ1) is 12.2. The largest absolute Gasteiger partial charge is 0.480 e.